The highest BCUT2D eigenvalue weighted by atomic mass is 16.5. The second kappa shape index (κ2) is 4.09. The Kier molecular flexibility index (Phi) is 3.05. The highest BCUT2D eigenvalue weighted by Crippen LogP contribution is 2.14. The predicted octanol–water partition coefficient (Wildman–Crippen LogP) is -0.364. The fraction of sp³-hybridized carbons (Fsp3) is 0.375. The minimum Gasteiger partial charge on any atom is -0.480 e. The number of hydrogen-bond donors (Lipinski definition) is 3. The van der Waals surface area contributed by atoms with E-state index in [0.717, 1.165) is 0 Å². The van der Waals surface area contributed by atoms with Gasteiger partial charge in [-0.1, -0.05) is 5.16 Å². The molecule has 1 unspecified atom stereocenters. The van der Waals surface area contributed by atoms with E-state index in [1.54, 1.807) is 0 Å². The van der Waals surface area contributed by atoms with Crippen molar-refractivity contribution < 1.29 is 24.3 Å². The van der Waals surface area contributed by atoms with E-state index in [2.05, 4.69) is 9.68 Å². The van der Waals surface area contributed by atoms with Crippen LogP contribution in [0.25, 0.3) is 0 Å². The van der Waals surface area contributed by atoms with E-state index < -0.39 is 18.0 Å². The quantitative estimate of drug-likeness (QED) is 0.624. The standard InChI is InChI=1S/C8H10N2O5/c1-3-6(8(13)14)5(10-15-3)2-4(9)7(11)12/h4H,2,9H2,1H3,(H,11,12)(H,13,14). The Morgan fingerprint density at radius 2 is 2.13 bits per heavy atom. The summed E-state index contributed by atoms with van der Waals surface area (Å²) < 4.78 is 4.66. The summed E-state index contributed by atoms with van der Waals surface area (Å²) in [6.07, 6.45) is -0.172. The minimum atomic E-state index is -1.22. The number of carboxylic acids is 2. The Balaban J connectivity index is 2.95. The van der Waals surface area contributed by atoms with Crippen molar-refractivity contribution in [2.45, 2.75) is 19.4 Å². The van der Waals surface area contributed by atoms with Crippen LogP contribution in [-0.4, -0.2) is 33.4 Å². The van der Waals surface area contributed by atoms with Crippen LogP contribution in [0.4, 0.5) is 0 Å². The van der Waals surface area contributed by atoms with E-state index in [0.29, 0.717) is 0 Å². The molecule has 4 N–H and O–H groups in total. The van der Waals surface area contributed by atoms with Gasteiger partial charge in [0.1, 0.15) is 23.1 Å². The number of aromatic nitrogens is 1. The average Bonchev–Trinajstić information content (AvgIpc) is 2.46. The lowest BCUT2D eigenvalue weighted by molar-refractivity contribution is -0.138. The van der Waals surface area contributed by atoms with Gasteiger partial charge in [-0.05, 0) is 6.92 Å². The second-order valence-electron chi connectivity index (χ2n) is 3.01. The average molecular weight is 214 g/mol. The smallest absolute Gasteiger partial charge is 0.341 e. The molecule has 0 aliphatic heterocycles. The number of aromatic carboxylic acids is 1. The zero-order chi connectivity index (χ0) is 11.6. The van der Waals surface area contributed by atoms with Crippen LogP contribution < -0.4 is 5.73 Å². The highest BCUT2D eigenvalue weighted by molar-refractivity contribution is 5.90. The van der Waals surface area contributed by atoms with Gasteiger partial charge in [-0.2, -0.15) is 0 Å². The summed E-state index contributed by atoms with van der Waals surface area (Å²) in [6.45, 7) is 1.44. The number of nitrogens with two attached hydrogens (primary N) is 1. The zero-order valence-electron chi connectivity index (χ0n) is 7.93. The van der Waals surface area contributed by atoms with Crippen molar-refractivity contribution in [1.82, 2.24) is 5.16 Å². The topological polar surface area (TPSA) is 127 Å². The SMILES string of the molecule is Cc1onc(CC(N)C(=O)O)c1C(=O)O. The molecule has 7 heteroatoms. The Morgan fingerprint density at radius 1 is 1.53 bits per heavy atom. The van der Waals surface area contributed by atoms with Crippen LogP contribution in [0.2, 0.25) is 0 Å². The van der Waals surface area contributed by atoms with E-state index in [4.69, 9.17) is 15.9 Å². The zero-order valence-corrected chi connectivity index (χ0v) is 7.93. The first kappa shape index (κ1) is 11.2. The van der Waals surface area contributed by atoms with Gasteiger partial charge < -0.3 is 20.5 Å². The Hall–Kier alpha value is -1.89. The van der Waals surface area contributed by atoms with Crippen LogP contribution in [0, 0.1) is 6.92 Å². The van der Waals surface area contributed by atoms with Crippen LogP contribution in [0.3, 0.4) is 0 Å². The van der Waals surface area contributed by atoms with Crippen molar-refractivity contribution in [2.24, 2.45) is 5.73 Å². The van der Waals surface area contributed by atoms with Gasteiger partial charge >= 0.3 is 11.9 Å². The number of hydrogen-bond acceptors (Lipinski definition) is 5. The number of rotatable bonds is 4. The number of aryl methyl sites for hydroxylation is 1. The van der Waals surface area contributed by atoms with Gasteiger partial charge in [-0.25, -0.2) is 4.79 Å². The van der Waals surface area contributed by atoms with Crippen molar-refractivity contribution in [1.29, 1.82) is 0 Å². The molecule has 1 aromatic heterocycles. The first-order chi connectivity index (χ1) is 6.93. The Labute approximate surface area is 84.5 Å². The summed E-state index contributed by atoms with van der Waals surface area (Å²) in [6, 6.07) is -1.19. The van der Waals surface area contributed by atoms with Gasteiger partial charge in [-0.3, -0.25) is 4.79 Å². The number of nitrogens with zero attached hydrogens (tertiary/aromatic N) is 1. The van der Waals surface area contributed by atoms with Crippen LogP contribution in [0.5, 0.6) is 0 Å². The maximum atomic E-state index is 10.8. The third kappa shape index (κ3) is 2.32. The molecule has 1 rings (SSSR count). The van der Waals surface area contributed by atoms with Crippen molar-refractivity contribution in [3.8, 4) is 0 Å². The summed E-state index contributed by atoms with van der Waals surface area (Å²) >= 11 is 0. The van der Waals surface area contributed by atoms with Crippen molar-refractivity contribution in [3.63, 3.8) is 0 Å². The lowest BCUT2D eigenvalue weighted by Crippen LogP contribution is -2.32. The molecule has 0 amide bonds. The van der Waals surface area contributed by atoms with E-state index in [-0.39, 0.29) is 23.4 Å². The summed E-state index contributed by atoms with van der Waals surface area (Å²) in [4.78, 5) is 21.2. The van der Waals surface area contributed by atoms with Gasteiger partial charge in [0, 0.05) is 6.42 Å². The molecular formula is C8H10N2O5. The van der Waals surface area contributed by atoms with Crippen LogP contribution >= 0.6 is 0 Å². The van der Waals surface area contributed by atoms with Gasteiger partial charge in [-0.15, -0.1) is 0 Å². The maximum Gasteiger partial charge on any atom is 0.341 e. The van der Waals surface area contributed by atoms with Crippen molar-refractivity contribution in [2.75, 3.05) is 0 Å². The predicted molar refractivity (Wildman–Crippen MR) is 47.5 cm³/mol. The molecule has 0 aliphatic rings. The fourth-order valence-corrected chi connectivity index (χ4v) is 1.13. The largest absolute Gasteiger partial charge is 0.480 e. The lowest BCUT2D eigenvalue weighted by atomic mass is 10.1. The van der Waals surface area contributed by atoms with Crippen LogP contribution in [0.15, 0.2) is 4.52 Å². The minimum absolute atomic E-state index is 0.0508. The molecular weight excluding hydrogens is 204 g/mol. The molecule has 0 fully saturated rings. The summed E-state index contributed by atoms with van der Waals surface area (Å²) in [5.41, 5.74) is 5.18. The molecule has 7 nitrogen and oxygen atoms in total. The molecule has 1 aromatic rings. The van der Waals surface area contributed by atoms with E-state index in [9.17, 15) is 9.59 Å². The van der Waals surface area contributed by atoms with Gasteiger partial charge in [0.15, 0.2) is 0 Å². The van der Waals surface area contributed by atoms with Gasteiger partial charge in [0.25, 0.3) is 0 Å². The Bertz CT molecular complexity index is 398. The van der Waals surface area contributed by atoms with E-state index in [1.165, 1.54) is 6.92 Å². The third-order valence-corrected chi connectivity index (χ3v) is 1.88. The lowest BCUT2D eigenvalue weighted by Gasteiger charge is -2.03. The fourth-order valence-electron chi connectivity index (χ4n) is 1.13. The molecule has 1 atom stereocenters. The van der Waals surface area contributed by atoms with E-state index >= 15 is 0 Å². The Morgan fingerprint density at radius 3 is 2.60 bits per heavy atom. The molecule has 0 bridgehead atoms. The van der Waals surface area contributed by atoms with Gasteiger partial charge in [0.05, 0.1) is 0 Å². The van der Waals surface area contributed by atoms with Crippen LogP contribution in [0.1, 0.15) is 21.8 Å². The highest BCUT2D eigenvalue weighted by Gasteiger charge is 2.23. The summed E-state index contributed by atoms with van der Waals surface area (Å²) in [7, 11) is 0. The molecule has 0 spiro atoms. The molecule has 0 aliphatic carbocycles. The van der Waals surface area contributed by atoms with Crippen molar-refractivity contribution in [3.05, 3.63) is 17.0 Å². The number of carbonyl (C=O) groups is 2. The molecule has 1 heterocycles. The monoisotopic (exact) mass is 214 g/mol. The molecule has 15 heavy (non-hydrogen) atoms. The molecule has 0 aromatic carbocycles. The normalized spacial score (nSPS) is 12.4. The van der Waals surface area contributed by atoms with E-state index in [1.807, 2.05) is 0 Å². The number of aliphatic carboxylic acids is 1. The summed E-state index contributed by atoms with van der Waals surface area (Å²) in [5, 5.41) is 20.8. The van der Waals surface area contributed by atoms with Crippen molar-refractivity contribution >= 4 is 11.9 Å². The van der Waals surface area contributed by atoms with Crippen LogP contribution in [-0.2, 0) is 11.2 Å². The first-order valence-electron chi connectivity index (χ1n) is 4.10. The van der Waals surface area contributed by atoms with Gasteiger partial charge in [0.2, 0.25) is 0 Å². The number of carboxylic acid groups (broad SMARTS) is 2. The summed E-state index contributed by atoms with van der Waals surface area (Å²) in [5.74, 6) is -2.29. The maximum absolute atomic E-state index is 10.8. The molecule has 82 valence electrons. The second-order valence-corrected chi connectivity index (χ2v) is 3.01. The molecule has 0 radical (unpaired) electrons. The molecule has 0 saturated heterocycles. The third-order valence-electron chi connectivity index (χ3n) is 1.88. The first-order valence-corrected chi connectivity index (χ1v) is 4.10. The molecule has 0 saturated carbocycles.